The lowest BCUT2D eigenvalue weighted by atomic mass is 9.91. The van der Waals surface area contributed by atoms with Crippen molar-refractivity contribution in [3.63, 3.8) is 0 Å². The van der Waals surface area contributed by atoms with E-state index in [1.54, 1.807) is 32.2 Å². The molecule has 2 amide bonds. The SMILES string of the molecule is Cc1cc(F)cc(C)c1-c1cc(F)c(F)c([C@H](CC(=O)O)NC(=O)[C@@H]2[C@@H]3[C@H](CN2C(=O)c2ccc4cncn4n2)C3(C)C)c1. The molecule has 44 heavy (non-hydrogen) atoms. The molecule has 9 nitrogen and oxygen atoms in total. The lowest BCUT2D eigenvalue weighted by Gasteiger charge is -2.31. The van der Waals surface area contributed by atoms with Gasteiger partial charge in [0.25, 0.3) is 5.91 Å². The average molecular weight is 606 g/mol. The zero-order valence-corrected chi connectivity index (χ0v) is 24.4. The minimum Gasteiger partial charge on any atom is -0.481 e. The van der Waals surface area contributed by atoms with Crippen LogP contribution in [0.1, 0.15) is 53.5 Å². The molecule has 2 aliphatic rings. The molecule has 0 bridgehead atoms. The van der Waals surface area contributed by atoms with E-state index < -0.39 is 53.7 Å². The highest BCUT2D eigenvalue weighted by molar-refractivity contribution is 5.97. The Balaban J connectivity index is 1.35. The minimum atomic E-state index is -1.46. The third-order valence-electron chi connectivity index (χ3n) is 9.15. The van der Waals surface area contributed by atoms with Crippen LogP contribution in [0.15, 0.2) is 48.9 Å². The van der Waals surface area contributed by atoms with Crippen molar-refractivity contribution >= 4 is 23.3 Å². The summed E-state index contributed by atoms with van der Waals surface area (Å²) in [4.78, 5) is 44.9. The number of aliphatic carboxylic acids is 1. The van der Waals surface area contributed by atoms with Crippen LogP contribution in [0.25, 0.3) is 16.6 Å². The third kappa shape index (κ3) is 4.87. The number of likely N-dealkylation sites (tertiary alicyclic amines) is 1. The van der Waals surface area contributed by atoms with Crippen molar-refractivity contribution in [2.45, 2.75) is 46.2 Å². The lowest BCUT2D eigenvalue weighted by Crippen LogP contribution is -2.51. The molecule has 2 fully saturated rings. The van der Waals surface area contributed by atoms with E-state index in [0.29, 0.717) is 22.2 Å². The number of aryl methyl sites for hydroxylation is 2. The van der Waals surface area contributed by atoms with E-state index in [0.717, 1.165) is 6.07 Å². The van der Waals surface area contributed by atoms with Crippen LogP contribution in [-0.2, 0) is 9.59 Å². The van der Waals surface area contributed by atoms with Gasteiger partial charge < -0.3 is 15.3 Å². The number of nitrogens with zero attached hydrogens (tertiary/aromatic N) is 4. The Morgan fingerprint density at radius 2 is 1.80 bits per heavy atom. The van der Waals surface area contributed by atoms with Crippen LogP contribution in [0.4, 0.5) is 13.2 Å². The number of piperidine rings is 1. The second kappa shape index (κ2) is 10.5. The van der Waals surface area contributed by atoms with Gasteiger partial charge in [-0.05, 0) is 89.8 Å². The first-order valence-corrected chi connectivity index (χ1v) is 14.2. The molecule has 4 atom stereocenters. The molecular formula is C32H30F3N5O4. The number of amides is 2. The fourth-order valence-corrected chi connectivity index (χ4v) is 6.92. The van der Waals surface area contributed by atoms with Gasteiger partial charge in [0.15, 0.2) is 11.6 Å². The van der Waals surface area contributed by atoms with E-state index in [1.165, 1.54) is 33.9 Å². The van der Waals surface area contributed by atoms with Crippen LogP contribution in [0.3, 0.4) is 0 Å². The summed E-state index contributed by atoms with van der Waals surface area (Å²) >= 11 is 0. The molecule has 4 aromatic rings. The summed E-state index contributed by atoms with van der Waals surface area (Å²) in [7, 11) is 0. The first kappa shape index (κ1) is 29.3. The highest BCUT2D eigenvalue weighted by Crippen LogP contribution is 2.65. The zero-order chi connectivity index (χ0) is 31.7. The summed E-state index contributed by atoms with van der Waals surface area (Å²) in [5, 5.41) is 16.6. The Kier molecular flexibility index (Phi) is 6.97. The number of nitrogens with one attached hydrogen (secondary N) is 1. The molecule has 1 aliphatic carbocycles. The Bertz CT molecular complexity index is 1830. The van der Waals surface area contributed by atoms with Crippen molar-refractivity contribution in [1.29, 1.82) is 0 Å². The average Bonchev–Trinajstić information content (AvgIpc) is 3.33. The summed E-state index contributed by atoms with van der Waals surface area (Å²) < 4.78 is 45.8. The quantitative estimate of drug-likeness (QED) is 0.311. The molecule has 0 spiro atoms. The molecule has 1 saturated carbocycles. The maximum atomic E-state index is 15.4. The molecule has 228 valence electrons. The van der Waals surface area contributed by atoms with Crippen LogP contribution >= 0.6 is 0 Å². The number of carboxylic acids is 1. The van der Waals surface area contributed by atoms with Crippen LogP contribution in [-0.4, -0.2) is 55.0 Å². The minimum absolute atomic E-state index is 0.0130. The van der Waals surface area contributed by atoms with Gasteiger partial charge in [0.1, 0.15) is 23.9 Å². The molecule has 0 radical (unpaired) electrons. The number of carboxylic acid groups (broad SMARTS) is 1. The van der Waals surface area contributed by atoms with Crippen molar-refractivity contribution in [3.05, 3.63) is 88.8 Å². The maximum absolute atomic E-state index is 15.4. The summed E-state index contributed by atoms with van der Waals surface area (Å²) in [6, 6.07) is 5.54. The number of carbonyl (C=O) groups is 3. The number of carbonyl (C=O) groups excluding carboxylic acids is 2. The zero-order valence-electron chi connectivity index (χ0n) is 24.4. The van der Waals surface area contributed by atoms with Gasteiger partial charge in [-0.1, -0.05) is 13.8 Å². The number of aromatic nitrogens is 3. The molecule has 1 saturated heterocycles. The summed E-state index contributed by atoms with van der Waals surface area (Å²) in [5.74, 6) is -5.76. The highest BCUT2D eigenvalue weighted by Gasteiger charge is 2.69. The van der Waals surface area contributed by atoms with E-state index in [1.807, 2.05) is 13.8 Å². The lowest BCUT2D eigenvalue weighted by molar-refractivity contribution is -0.138. The first-order chi connectivity index (χ1) is 20.8. The predicted molar refractivity (Wildman–Crippen MR) is 153 cm³/mol. The van der Waals surface area contributed by atoms with Crippen LogP contribution in [0, 0.1) is 48.5 Å². The highest BCUT2D eigenvalue weighted by atomic mass is 19.2. The Hall–Kier alpha value is -4.74. The van der Waals surface area contributed by atoms with Crippen molar-refractivity contribution in [2.24, 2.45) is 17.3 Å². The van der Waals surface area contributed by atoms with Gasteiger partial charge in [0, 0.05) is 12.1 Å². The van der Waals surface area contributed by atoms with Gasteiger partial charge in [0.2, 0.25) is 5.91 Å². The molecule has 6 rings (SSSR count). The summed E-state index contributed by atoms with van der Waals surface area (Å²) in [6.07, 6.45) is 2.29. The Morgan fingerprint density at radius 3 is 2.48 bits per heavy atom. The standard InChI is InChI=1S/C32H30F3N5O4/c1-15-7-18(33)8-16(2)26(15)17-9-20(28(35)22(34)10-17)24(11-25(41)42)37-30(43)29-27-21(32(27,3)4)13-39(29)31(44)23-6-5-19-12-36-14-40(19)38-23/h5-10,12,14,21,24,27,29H,11,13H2,1-4H3,(H,37,43)(H,41,42)/t21-,24-,27-,29-/m0/s1. The van der Waals surface area contributed by atoms with Crippen molar-refractivity contribution in [2.75, 3.05) is 6.54 Å². The van der Waals surface area contributed by atoms with Crippen molar-refractivity contribution in [3.8, 4) is 11.1 Å². The van der Waals surface area contributed by atoms with E-state index in [2.05, 4.69) is 15.4 Å². The number of rotatable bonds is 7. The van der Waals surface area contributed by atoms with Gasteiger partial charge in [-0.15, -0.1) is 0 Å². The molecule has 2 aromatic carbocycles. The van der Waals surface area contributed by atoms with Crippen molar-refractivity contribution < 1.29 is 32.7 Å². The second-order valence-electron chi connectivity index (χ2n) is 12.3. The van der Waals surface area contributed by atoms with Gasteiger partial charge in [-0.3, -0.25) is 14.4 Å². The maximum Gasteiger partial charge on any atom is 0.305 e. The molecular weight excluding hydrogens is 575 g/mol. The van der Waals surface area contributed by atoms with Gasteiger partial charge in [-0.2, -0.15) is 5.10 Å². The summed E-state index contributed by atoms with van der Waals surface area (Å²) in [6.45, 7) is 7.51. The Labute approximate surface area is 250 Å². The largest absolute Gasteiger partial charge is 0.481 e. The van der Waals surface area contributed by atoms with E-state index in [-0.39, 0.29) is 40.6 Å². The monoisotopic (exact) mass is 605 g/mol. The number of benzene rings is 2. The molecule has 1 aliphatic heterocycles. The number of hydrogen-bond donors (Lipinski definition) is 2. The molecule has 12 heteroatoms. The predicted octanol–water partition coefficient (Wildman–Crippen LogP) is 4.86. The molecule has 3 heterocycles. The third-order valence-corrected chi connectivity index (χ3v) is 9.15. The van der Waals surface area contributed by atoms with Gasteiger partial charge in [0.05, 0.1) is 24.2 Å². The Morgan fingerprint density at radius 1 is 1.09 bits per heavy atom. The number of hydrogen-bond acceptors (Lipinski definition) is 5. The number of fused-ring (bicyclic) bond motifs is 2. The normalized spacial score (nSPS) is 20.8. The molecule has 2 aromatic heterocycles. The topological polar surface area (TPSA) is 117 Å². The van der Waals surface area contributed by atoms with Gasteiger partial charge >= 0.3 is 5.97 Å². The smallest absolute Gasteiger partial charge is 0.305 e. The van der Waals surface area contributed by atoms with Crippen LogP contribution in [0.2, 0.25) is 0 Å². The van der Waals surface area contributed by atoms with E-state index in [4.69, 9.17) is 0 Å². The fraction of sp³-hybridized carbons (Fsp3) is 0.344. The van der Waals surface area contributed by atoms with E-state index in [9.17, 15) is 23.9 Å². The van der Waals surface area contributed by atoms with E-state index >= 15 is 8.78 Å². The number of halogens is 3. The van der Waals surface area contributed by atoms with Crippen molar-refractivity contribution in [1.82, 2.24) is 24.8 Å². The van der Waals surface area contributed by atoms with Gasteiger partial charge in [-0.25, -0.2) is 22.7 Å². The molecule has 0 unspecified atom stereocenters. The summed E-state index contributed by atoms with van der Waals surface area (Å²) in [5.41, 5.74) is 1.77. The fourth-order valence-electron chi connectivity index (χ4n) is 6.92. The van der Waals surface area contributed by atoms with Crippen LogP contribution < -0.4 is 5.32 Å². The second-order valence-corrected chi connectivity index (χ2v) is 12.3. The van der Waals surface area contributed by atoms with Crippen LogP contribution in [0.5, 0.6) is 0 Å². The number of imidazole rings is 1. The molecule has 2 N–H and O–H groups in total. The first-order valence-electron chi connectivity index (χ1n) is 14.2.